The molecule has 1 aliphatic carbocycles. The highest BCUT2D eigenvalue weighted by Gasteiger charge is 2.63. The van der Waals surface area contributed by atoms with Crippen LogP contribution >= 0.6 is 11.8 Å². The average molecular weight is 265 g/mol. The van der Waals surface area contributed by atoms with E-state index in [1.54, 1.807) is 6.08 Å². The van der Waals surface area contributed by atoms with Gasteiger partial charge in [-0.3, -0.25) is 4.90 Å². The Morgan fingerprint density at radius 2 is 2.39 bits per heavy atom. The number of nitrogens with zero attached hydrogens (tertiary/aromatic N) is 1. The lowest BCUT2D eigenvalue weighted by Gasteiger charge is -2.38. The van der Waals surface area contributed by atoms with Crippen molar-refractivity contribution in [2.45, 2.75) is 55.0 Å². The first-order valence-corrected chi connectivity index (χ1v) is 8.26. The molecule has 3 nitrogen and oxygen atoms in total. The number of hydrogen-bond donors (Lipinski definition) is 0. The number of hydrogen-bond acceptors (Lipinski definition) is 4. The molecule has 1 saturated carbocycles. The minimum atomic E-state index is -0.228. The van der Waals surface area contributed by atoms with Gasteiger partial charge in [0, 0.05) is 23.8 Å². The van der Waals surface area contributed by atoms with Crippen LogP contribution in [0.15, 0.2) is 11.6 Å². The van der Waals surface area contributed by atoms with Gasteiger partial charge in [0.25, 0.3) is 0 Å². The van der Waals surface area contributed by atoms with Gasteiger partial charge in [0.2, 0.25) is 0 Å². The zero-order valence-electron chi connectivity index (χ0n) is 10.7. The van der Waals surface area contributed by atoms with Gasteiger partial charge in [-0.15, -0.1) is 0 Å². The molecular formula is C14H19NO2S. The quantitative estimate of drug-likeness (QED) is 0.678. The van der Waals surface area contributed by atoms with Crippen molar-refractivity contribution in [2.75, 3.05) is 12.8 Å². The lowest BCUT2D eigenvalue weighted by Crippen LogP contribution is -2.48. The molecule has 3 aliphatic heterocycles. The predicted octanol–water partition coefficient (Wildman–Crippen LogP) is 1.97. The Morgan fingerprint density at radius 1 is 1.50 bits per heavy atom. The number of rotatable bonds is 1. The lowest BCUT2D eigenvalue weighted by atomic mass is 9.77. The van der Waals surface area contributed by atoms with Gasteiger partial charge < -0.3 is 4.74 Å². The second kappa shape index (κ2) is 3.76. The second-order valence-corrected chi connectivity index (χ2v) is 7.06. The number of esters is 1. The molecule has 4 aliphatic rings. The molecule has 3 fully saturated rings. The Hall–Kier alpha value is -0.480. The lowest BCUT2D eigenvalue weighted by molar-refractivity contribution is -0.148. The molecule has 0 N–H and O–H groups in total. The van der Waals surface area contributed by atoms with Crippen LogP contribution in [0.3, 0.4) is 0 Å². The molecule has 3 heterocycles. The number of thioether (sulfide) groups is 1. The Bertz CT molecular complexity index is 436. The fourth-order valence-electron chi connectivity index (χ4n) is 4.58. The van der Waals surface area contributed by atoms with Crippen LogP contribution in [0.2, 0.25) is 0 Å². The summed E-state index contributed by atoms with van der Waals surface area (Å²) in [5, 5.41) is 0.641. The molecule has 2 unspecified atom stereocenters. The van der Waals surface area contributed by atoms with E-state index < -0.39 is 0 Å². The summed E-state index contributed by atoms with van der Waals surface area (Å²) < 4.78 is 5.82. The average Bonchev–Trinajstić information content (AvgIpc) is 2.86. The van der Waals surface area contributed by atoms with Crippen LogP contribution < -0.4 is 0 Å². The Kier molecular flexibility index (Phi) is 2.37. The first kappa shape index (κ1) is 11.4. The van der Waals surface area contributed by atoms with E-state index in [0.717, 1.165) is 12.8 Å². The molecular weight excluding hydrogens is 246 g/mol. The molecule has 2 saturated heterocycles. The maximum absolute atomic E-state index is 11.7. The minimum Gasteiger partial charge on any atom is -0.450 e. The summed E-state index contributed by atoms with van der Waals surface area (Å²) in [6.07, 6.45) is 9.86. The number of ether oxygens (including phenoxy) is 1. The Balaban J connectivity index is 1.79. The van der Waals surface area contributed by atoms with Gasteiger partial charge in [0.05, 0.1) is 6.04 Å². The molecule has 0 aromatic heterocycles. The van der Waals surface area contributed by atoms with Crippen LogP contribution in [0.1, 0.15) is 32.1 Å². The maximum atomic E-state index is 11.7. The van der Waals surface area contributed by atoms with E-state index in [1.165, 1.54) is 31.4 Å². The van der Waals surface area contributed by atoms with Gasteiger partial charge >= 0.3 is 5.97 Å². The van der Waals surface area contributed by atoms with E-state index in [1.807, 2.05) is 11.8 Å². The van der Waals surface area contributed by atoms with Gasteiger partial charge in [-0.05, 0) is 37.6 Å². The van der Waals surface area contributed by atoms with Crippen LogP contribution in [0, 0.1) is 0 Å². The smallest absolute Gasteiger partial charge is 0.331 e. The van der Waals surface area contributed by atoms with Crippen molar-refractivity contribution >= 4 is 17.7 Å². The maximum Gasteiger partial charge on any atom is 0.331 e. The van der Waals surface area contributed by atoms with E-state index in [-0.39, 0.29) is 11.6 Å². The van der Waals surface area contributed by atoms with E-state index >= 15 is 0 Å². The SMILES string of the molecule is CSC1CC2=CC(=O)OC23C[C@@H]1N1CCCC[C@@H]13. The molecule has 0 aromatic rings. The fourth-order valence-corrected chi connectivity index (χ4v) is 5.49. The van der Waals surface area contributed by atoms with Crippen molar-refractivity contribution in [2.24, 2.45) is 0 Å². The molecule has 18 heavy (non-hydrogen) atoms. The van der Waals surface area contributed by atoms with Crippen molar-refractivity contribution in [1.82, 2.24) is 4.90 Å². The highest BCUT2D eigenvalue weighted by atomic mass is 32.2. The monoisotopic (exact) mass is 265 g/mol. The molecule has 2 bridgehead atoms. The minimum absolute atomic E-state index is 0.0991. The first-order chi connectivity index (χ1) is 8.74. The normalized spacial score (nSPS) is 46.4. The topological polar surface area (TPSA) is 29.5 Å². The van der Waals surface area contributed by atoms with E-state index in [9.17, 15) is 4.79 Å². The number of carbonyl (C=O) groups excluding carboxylic acids is 1. The van der Waals surface area contributed by atoms with Crippen molar-refractivity contribution in [1.29, 1.82) is 0 Å². The van der Waals surface area contributed by atoms with Gasteiger partial charge in [0.15, 0.2) is 5.60 Å². The van der Waals surface area contributed by atoms with Gasteiger partial charge in [-0.25, -0.2) is 4.79 Å². The molecule has 4 rings (SSSR count). The number of piperidine rings is 1. The first-order valence-electron chi connectivity index (χ1n) is 6.97. The summed E-state index contributed by atoms with van der Waals surface area (Å²) in [6, 6.07) is 1.08. The van der Waals surface area contributed by atoms with Crippen molar-refractivity contribution in [3.63, 3.8) is 0 Å². The molecule has 4 heteroatoms. The van der Waals surface area contributed by atoms with Crippen LogP contribution in [-0.2, 0) is 9.53 Å². The highest BCUT2D eigenvalue weighted by Crippen LogP contribution is 2.55. The third kappa shape index (κ3) is 1.28. The largest absolute Gasteiger partial charge is 0.450 e. The molecule has 4 atom stereocenters. The molecule has 0 aromatic carbocycles. The highest BCUT2D eigenvalue weighted by molar-refractivity contribution is 7.99. The summed E-state index contributed by atoms with van der Waals surface area (Å²) in [5.41, 5.74) is 1.06. The number of carbonyl (C=O) groups is 1. The zero-order chi connectivity index (χ0) is 12.3. The molecule has 0 amide bonds. The standard InChI is InChI=1S/C14H19NO2S/c1-18-11-6-9-7-13(16)17-14(9)8-10(11)15-5-3-2-4-12(14)15/h7,10-12H,2-6,8H2,1H3/t10-,11?,12+,14?/m0/s1. The summed E-state index contributed by atoms with van der Waals surface area (Å²) in [6.45, 7) is 1.19. The summed E-state index contributed by atoms with van der Waals surface area (Å²) >= 11 is 1.96. The Labute approximate surface area is 112 Å². The van der Waals surface area contributed by atoms with E-state index in [0.29, 0.717) is 17.3 Å². The van der Waals surface area contributed by atoms with Crippen LogP contribution in [0.5, 0.6) is 0 Å². The Morgan fingerprint density at radius 3 is 3.22 bits per heavy atom. The van der Waals surface area contributed by atoms with Crippen molar-refractivity contribution < 1.29 is 9.53 Å². The molecule has 0 radical (unpaired) electrons. The van der Waals surface area contributed by atoms with Crippen LogP contribution in [-0.4, -0.2) is 46.6 Å². The summed E-state index contributed by atoms with van der Waals surface area (Å²) in [4.78, 5) is 14.4. The van der Waals surface area contributed by atoms with Gasteiger partial charge in [-0.1, -0.05) is 6.42 Å². The van der Waals surface area contributed by atoms with E-state index in [4.69, 9.17) is 4.74 Å². The fraction of sp³-hybridized carbons (Fsp3) is 0.786. The third-order valence-corrected chi connectivity index (χ3v) is 6.38. The van der Waals surface area contributed by atoms with E-state index in [2.05, 4.69) is 11.2 Å². The van der Waals surface area contributed by atoms with Crippen LogP contribution in [0.4, 0.5) is 0 Å². The zero-order valence-corrected chi connectivity index (χ0v) is 11.5. The third-order valence-electron chi connectivity index (χ3n) is 5.29. The molecule has 98 valence electrons. The summed E-state index contributed by atoms with van der Waals surface area (Å²) in [7, 11) is 0. The van der Waals surface area contributed by atoms with Crippen LogP contribution in [0.25, 0.3) is 0 Å². The van der Waals surface area contributed by atoms with Crippen molar-refractivity contribution in [3.05, 3.63) is 11.6 Å². The second-order valence-electron chi connectivity index (χ2n) is 5.98. The molecule has 1 spiro atoms. The van der Waals surface area contributed by atoms with Gasteiger partial charge in [-0.2, -0.15) is 11.8 Å². The number of fused-ring (bicyclic) bond motifs is 3. The summed E-state index contributed by atoms with van der Waals surface area (Å²) in [5.74, 6) is -0.0991. The predicted molar refractivity (Wildman–Crippen MR) is 71.6 cm³/mol. The van der Waals surface area contributed by atoms with Gasteiger partial charge in [0.1, 0.15) is 0 Å². The van der Waals surface area contributed by atoms with Crippen molar-refractivity contribution in [3.8, 4) is 0 Å².